The van der Waals surface area contributed by atoms with E-state index in [1.807, 2.05) is 49.5 Å². The van der Waals surface area contributed by atoms with E-state index in [9.17, 15) is 9.59 Å². The number of amides is 1. The Morgan fingerprint density at radius 2 is 2.12 bits per heavy atom. The summed E-state index contributed by atoms with van der Waals surface area (Å²) in [6.45, 7) is 3.03. The van der Waals surface area contributed by atoms with E-state index in [0.717, 1.165) is 22.8 Å². The Labute approximate surface area is 149 Å². The lowest BCUT2D eigenvalue weighted by molar-refractivity contribution is 0.0946. The van der Waals surface area contributed by atoms with Gasteiger partial charge in [0, 0.05) is 28.9 Å². The molecule has 7 heteroatoms. The predicted octanol–water partition coefficient (Wildman–Crippen LogP) is 2.28. The van der Waals surface area contributed by atoms with E-state index in [1.165, 1.54) is 17.4 Å². The average molecular weight is 356 g/mol. The number of aromatic nitrogens is 2. The topological polar surface area (TPSA) is 78.1 Å². The predicted molar refractivity (Wildman–Crippen MR) is 100.0 cm³/mol. The van der Waals surface area contributed by atoms with Crippen molar-refractivity contribution in [2.45, 2.75) is 20.0 Å². The fourth-order valence-corrected chi connectivity index (χ4v) is 3.29. The van der Waals surface area contributed by atoms with Crippen LogP contribution in [0.15, 0.2) is 34.4 Å². The number of nitrogens with one attached hydrogen (secondary N) is 2. The Hall–Kier alpha value is -2.51. The van der Waals surface area contributed by atoms with Crippen LogP contribution in [0.5, 0.6) is 0 Å². The summed E-state index contributed by atoms with van der Waals surface area (Å²) in [4.78, 5) is 34.1. The van der Waals surface area contributed by atoms with Crippen LogP contribution in [0.2, 0.25) is 0 Å². The van der Waals surface area contributed by atoms with Crippen molar-refractivity contribution in [3.05, 3.63) is 61.8 Å². The van der Waals surface area contributed by atoms with Crippen LogP contribution >= 0.6 is 11.3 Å². The van der Waals surface area contributed by atoms with Gasteiger partial charge in [0.1, 0.15) is 10.7 Å². The number of aromatic amines is 1. The number of carbonyl (C=O) groups excluding carboxylic acids is 1. The summed E-state index contributed by atoms with van der Waals surface area (Å²) in [5.74, 6) is -0.316. The van der Waals surface area contributed by atoms with Gasteiger partial charge in [-0.15, -0.1) is 11.3 Å². The van der Waals surface area contributed by atoms with Crippen molar-refractivity contribution in [1.29, 1.82) is 0 Å². The summed E-state index contributed by atoms with van der Waals surface area (Å²) in [6.07, 6.45) is 0. The molecule has 1 aromatic carbocycles. The molecule has 0 bridgehead atoms. The average Bonchev–Trinajstić information content (AvgIpc) is 2.99. The summed E-state index contributed by atoms with van der Waals surface area (Å²) < 4.78 is 0. The van der Waals surface area contributed by atoms with Crippen LogP contribution in [0.25, 0.3) is 10.9 Å². The molecule has 0 aliphatic heterocycles. The highest BCUT2D eigenvalue weighted by molar-refractivity contribution is 7.09. The van der Waals surface area contributed by atoms with Crippen molar-refractivity contribution < 1.29 is 4.79 Å². The van der Waals surface area contributed by atoms with Crippen molar-refractivity contribution in [2.24, 2.45) is 0 Å². The maximum atomic E-state index is 12.4. The number of rotatable bonds is 5. The van der Waals surface area contributed by atoms with Gasteiger partial charge >= 0.3 is 0 Å². The van der Waals surface area contributed by atoms with Crippen LogP contribution < -0.4 is 10.7 Å². The van der Waals surface area contributed by atoms with Gasteiger partial charge < -0.3 is 15.2 Å². The van der Waals surface area contributed by atoms with Gasteiger partial charge in [-0.25, -0.2) is 4.98 Å². The lowest BCUT2D eigenvalue weighted by atomic mass is 10.1. The molecule has 1 amide bonds. The highest BCUT2D eigenvalue weighted by Gasteiger charge is 2.11. The molecule has 3 rings (SSSR count). The van der Waals surface area contributed by atoms with E-state index in [-0.39, 0.29) is 17.0 Å². The molecular weight excluding hydrogens is 336 g/mol. The first-order valence-corrected chi connectivity index (χ1v) is 8.80. The van der Waals surface area contributed by atoms with Gasteiger partial charge in [0.05, 0.1) is 12.2 Å². The summed E-state index contributed by atoms with van der Waals surface area (Å²) >= 11 is 1.51. The van der Waals surface area contributed by atoms with Crippen LogP contribution in [0.4, 0.5) is 0 Å². The molecule has 2 aromatic heterocycles. The number of aryl methyl sites for hydroxylation is 1. The van der Waals surface area contributed by atoms with E-state index < -0.39 is 0 Å². The maximum Gasteiger partial charge on any atom is 0.268 e. The number of hydrogen-bond acceptors (Lipinski definition) is 5. The third-order valence-corrected chi connectivity index (χ3v) is 4.61. The number of carbonyl (C=O) groups is 1. The van der Waals surface area contributed by atoms with Gasteiger partial charge in [-0.1, -0.05) is 11.6 Å². The van der Waals surface area contributed by atoms with E-state index in [2.05, 4.69) is 15.3 Å². The monoisotopic (exact) mass is 356 g/mol. The summed E-state index contributed by atoms with van der Waals surface area (Å²) in [5.41, 5.74) is 2.74. The Bertz CT molecular complexity index is 975. The first kappa shape index (κ1) is 17.3. The molecule has 2 heterocycles. The number of benzene rings is 1. The van der Waals surface area contributed by atoms with Crippen molar-refractivity contribution in [3.8, 4) is 0 Å². The third-order valence-electron chi connectivity index (χ3n) is 3.71. The zero-order valence-electron chi connectivity index (χ0n) is 14.4. The Morgan fingerprint density at radius 1 is 1.32 bits per heavy atom. The van der Waals surface area contributed by atoms with Gasteiger partial charge in [-0.2, -0.15) is 0 Å². The Kier molecular flexibility index (Phi) is 4.96. The number of pyridine rings is 1. The lowest BCUT2D eigenvalue weighted by Gasteiger charge is -2.06. The molecule has 2 N–H and O–H groups in total. The zero-order valence-corrected chi connectivity index (χ0v) is 15.2. The minimum absolute atomic E-state index is 0.162. The van der Waals surface area contributed by atoms with Crippen molar-refractivity contribution in [2.75, 3.05) is 14.1 Å². The van der Waals surface area contributed by atoms with Crippen LogP contribution in [-0.4, -0.2) is 34.9 Å². The molecule has 0 unspecified atom stereocenters. The van der Waals surface area contributed by atoms with Crippen LogP contribution in [0.3, 0.4) is 0 Å². The Morgan fingerprint density at radius 3 is 2.88 bits per heavy atom. The quantitative estimate of drug-likeness (QED) is 0.735. The first-order chi connectivity index (χ1) is 11.9. The maximum absolute atomic E-state index is 12.4. The second-order valence-corrected chi connectivity index (χ2v) is 7.19. The van der Waals surface area contributed by atoms with Crippen LogP contribution in [-0.2, 0) is 13.1 Å². The molecule has 0 spiro atoms. The molecule has 0 radical (unpaired) electrons. The highest BCUT2D eigenvalue weighted by atomic mass is 32.1. The number of fused-ring (bicyclic) bond motifs is 1. The molecule has 0 fully saturated rings. The van der Waals surface area contributed by atoms with Gasteiger partial charge in [0.2, 0.25) is 0 Å². The molecule has 0 atom stereocenters. The fraction of sp³-hybridized carbons (Fsp3) is 0.278. The third kappa shape index (κ3) is 4.12. The normalized spacial score (nSPS) is 11.2. The first-order valence-electron chi connectivity index (χ1n) is 7.92. The summed E-state index contributed by atoms with van der Waals surface area (Å²) in [6, 6.07) is 6.88. The number of thiazole rings is 1. The smallest absolute Gasteiger partial charge is 0.268 e. The molecule has 0 aliphatic rings. The van der Waals surface area contributed by atoms with Crippen LogP contribution in [0.1, 0.15) is 26.8 Å². The Balaban J connectivity index is 1.73. The van der Waals surface area contributed by atoms with Gasteiger partial charge in [-0.3, -0.25) is 9.59 Å². The minimum Gasteiger partial charge on any atom is -0.350 e. The van der Waals surface area contributed by atoms with Crippen molar-refractivity contribution in [1.82, 2.24) is 20.2 Å². The second-order valence-electron chi connectivity index (χ2n) is 6.25. The molecule has 3 aromatic rings. The van der Waals surface area contributed by atoms with Crippen LogP contribution in [0, 0.1) is 6.92 Å². The number of H-pyrrole nitrogens is 1. The number of hydrogen-bond donors (Lipinski definition) is 2. The number of nitrogens with zero attached hydrogens (tertiary/aromatic N) is 2. The van der Waals surface area contributed by atoms with E-state index in [1.54, 1.807) is 0 Å². The van der Waals surface area contributed by atoms with Gasteiger partial charge in [-0.05, 0) is 33.2 Å². The molecule has 0 aliphatic carbocycles. The molecule has 130 valence electrons. The zero-order chi connectivity index (χ0) is 18.0. The fourth-order valence-electron chi connectivity index (χ4n) is 2.56. The largest absolute Gasteiger partial charge is 0.350 e. The molecular formula is C18H20N4O2S. The van der Waals surface area contributed by atoms with E-state index >= 15 is 0 Å². The summed E-state index contributed by atoms with van der Waals surface area (Å²) in [7, 11) is 3.97. The van der Waals surface area contributed by atoms with Gasteiger partial charge in [0.15, 0.2) is 5.43 Å². The molecule has 0 saturated heterocycles. The van der Waals surface area contributed by atoms with E-state index in [0.29, 0.717) is 17.4 Å². The standard InChI is InChI=1S/C18H20N4O2S/c1-11-4-5-14-13(6-11)16(23)7-15(21-14)18(24)19-8-17-20-12(10-25-17)9-22(2)3/h4-7,10H,8-9H2,1-3H3,(H,19,24)(H,21,23). The minimum atomic E-state index is -0.316. The second kappa shape index (κ2) is 7.16. The lowest BCUT2D eigenvalue weighted by Crippen LogP contribution is -2.25. The SMILES string of the molecule is Cc1ccc2[nH]c(C(=O)NCc3nc(CN(C)C)cs3)cc(=O)c2c1. The van der Waals surface area contributed by atoms with Crippen molar-refractivity contribution in [3.63, 3.8) is 0 Å². The van der Waals surface area contributed by atoms with Gasteiger partial charge in [0.25, 0.3) is 5.91 Å². The highest BCUT2D eigenvalue weighted by Crippen LogP contribution is 2.12. The molecule has 25 heavy (non-hydrogen) atoms. The molecule has 6 nitrogen and oxygen atoms in total. The van der Waals surface area contributed by atoms with Crippen molar-refractivity contribution >= 4 is 28.1 Å². The summed E-state index contributed by atoms with van der Waals surface area (Å²) in [5, 5.41) is 6.22. The molecule has 0 saturated carbocycles. The van der Waals surface area contributed by atoms with E-state index in [4.69, 9.17) is 0 Å².